The number of anilines is 1. The number of benzene rings is 4. The van der Waals surface area contributed by atoms with Crippen LogP contribution >= 0.6 is 0 Å². The Morgan fingerprint density at radius 2 is 0.538 bits per heavy atom. The van der Waals surface area contributed by atoms with E-state index in [0.717, 1.165) is 117 Å². The molecule has 358 valence electrons. The molecule has 1 aliphatic rings. The van der Waals surface area contributed by atoms with E-state index in [1.54, 1.807) is 0 Å². The Balaban J connectivity index is 1.93. The molecule has 4 aromatic rings. The summed E-state index contributed by atoms with van der Waals surface area (Å²) in [7, 11) is 0. The summed E-state index contributed by atoms with van der Waals surface area (Å²) in [6.45, 7) is 32.7. The van der Waals surface area contributed by atoms with Crippen molar-refractivity contribution in [2.24, 2.45) is 0 Å². The van der Waals surface area contributed by atoms with Crippen LogP contribution in [0.3, 0.4) is 0 Å². The average Bonchev–Trinajstić information content (AvgIpc) is 3.22. The van der Waals surface area contributed by atoms with Gasteiger partial charge in [-0.2, -0.15) is 0 Å². The summed E-state index contributed by atoms with van der Waals surface area (Å²) >= 11 is 0. The normalized spacial score (nSPS) is 13.2. The maximum atomic E-state index is 7.13. The first-order valence-electron chi connectivity index (χ1n) is 25.8. The molecule has 0 aromatic heterocycles. The molecule has 0 aliphatic heterocycles. The molecule has 0 amide bonds. The van der Waals surface area contributed by atoms with Gasteiger partial charge in [0.25, 0.3) is 0 Å². The van der Waals surface area contributed by atoms with Crippen LogP contribution in [-0.4, -0.2) is 26.4 Å². The Hall–Kier alpha value is -4.12. The third kappa shape index (κ3) is 14.4. The van der Waals surface area contributed by atoms with E-state index in [1.807, 2.05) is 0 Å². The van der Waals surface area contributed by atoms with Crippen LogP contribution in [0.25, 0.3) is 0 Å². The third-order valence-corrected chi connectivity index (χ3v) is 13.1. The number of hydrogen-bond acceptors (Lipinski definition) is 5. The van der Waals surface area contributed by atoms with Crippen LogP contribution in [0.5, 0.6) is 23.0 Å². The molecule has 5 nitrogen and oxygen atoms in total. The van der Waals surface area contributed by atoms with Gasteiger partial charge in [-0.15, -0.1) is 0 Å². The molecule has 5 rings (SSSR count). The van der Waals surface area contributed by atoms with E-state index in [9.17, 15) is 0 Å². The predicted molar refractivity (Wildman–Crippen MR) is 278 cm³/mol. The van der Waals surface area contributed by atoms with Crippen molar-refractivity contribution in [2.45, 2.75) is 209 Å². The van der Waals surface area contributed by atoms with Crippen molar-refractivity contribution in [1.82, 2.24) is 0 Å². The maximum absolute atomic E-state index is 7.13. The van der Waals surface area contributed by atoms with Gasteiger partial charge in [0.1, 0.15) is 23.0 Å². The zero-order valence-corrected chi connectivity index (χ0v) is 43.5. The molecule has 5 heteroatoms. The van der Waals surface area contributed by atoms with E-state index < -0.39 is 0 Å². The Kier molecular flexibility index (Phi) is 18.8. The highest BCUT2D eigenvalue weighted by Crippen LogP contribution is 2.44. The molecule has 1 aliphatic carbocycles. The molecule has 0 fully saturated rings. The van der Waals surface area contributed by atoms with E-state index in [0.29, 0.717) is 52.1 Å². The fraction of sp³-hybridized carbons (Fsp3) is 0.600. The van der Waals surface area contributed by atoms with E-state index >= 15 is 0 Å². The van der Waals surface area contributed by atoms with Gasteiger partial charge in [-0.25, -0.2) is 0 Å². The zero-order chi connectivity index (χ0) is 47.4. The zero-order valence-electron chi connectivity index (χ0n) is 43.5. The lowest BCUT2D eigenvalue weighted by atomic mass is 9.80. The molecule has 65 heavy (non-hydrogen) atoms. The van der Waals surface area contributed by atoms with Crippen LogP contribution in [0, 0.1) is 0 Å². The Labute approximate surface area is 397 Å². The van der Waals surface area contributed by atoms with Crippen molar-refractivity contribution >= 4 is 5.69 Å². The van der Waals surface area contributed by atoms with E-state index in [-0.39, 0.29) is 16.2 Å². The first-order valence-corrected chi connectivity index (χ1v) is 25.8. The van der Waals surface area contributed by atoms with Crippen molar-refractivity contribution in [2.75, 3.05) is 32.2 Å². The number of rotatable bonds is 20. The van der Waals surface area contributed by atoms with Gasteiger partial charge in [-0.3, -0.25) is 0 Å². The molecular formula is C60H89NO4. The summed E-state index contributed by atoms with van der Waals surface area (Å²) in [4.78, 5) is 0. The lowest BCUT2D eigenvalue weighted by Crippen LogP contribution is -2.17. The second-order valence-corrected chi connectivity index (χ2v) is 22.2. The SMILES string of the molecule is CCCCCOc1c2cc(N)cc1Cc1cc(C(C)(C)C)cc(c1OCCCCC)Cc1cc(C(C)(C)C)cc(c1OCCCCC)Cc1cc(C(C)(C)C)cc(c1OCCCCC)C2. The summed E-state index contributed by atoms with van der Waals surface area (Å²) in [5, 5.41) is 0. The van der Waals surface area contributed by atoms with Crippen LogP contribution in [0.15, 0.2) is 48.5 Å². The summed E-state index contributed by atoms with van der Waals surface area (Å²) < 4.78 is 28.3. The molecule has 4 aromatic carbocycles. The second kappa shape index (κ2) is 23.6. The van der Waals surface area contributed by atoms with Crippen LogP contribution in [-0.2, 0) is 41.9 Å². The molecule has 0 spiro atoms. The quantitative estimate of drug-likeness (QED) is 0.0623. The first kappa shape index (κ1) is 51.9. The molecule has 2 N–H and O–H groups in total. The van der Waals surface area contributed by atoms with Gasteiger partial charge in [-0.05, 0) is 104 Å². The third-order valence-electron chi connectivity index (χ3n) is 13.1. The van der Waals surface area contributed by atoms with Crippen LogP contribution < -0.4 is 24.7 Å². The van der Waals surface area contributed by atoms with Gasteiger partial charge in [0.05, 0.1) is 26.4 Å². The minimum Gasteiger partial charge on any atom is -0.493 e. The van der Waals surface area contributed by atoms with E-state index in [2.05, 4.69) is 139 Å². The van der Waals surface area contributed by atoms with Gasteiger partial charge < -0.3 is 24.7 Å². The highest BCUT2D eigenvalue weighted by molar-refractivity contribution is 5.61. The number of ether oxygens (including phenoxy) is 4. The Morgan fingerprint density at radius 3 is 0.723 bits per heavy atom. The van der Waals surface area contributed by atoms with E-state index in [1.165, 1.54) is 50.1 Å². The van der Waals surface area contributed by atoms with Crippen LogP contribution in [0.4, 0.5) is 5.69 Å². The van der Waals surface area contributed by atoms with Crippen molar-refractivity contribution in [3.8, 4) is 23.0 Å². The van der Waals surface area contributed by atoms with Gasteiger partial charge in [-0.1, -0.05) is 178 Å². The van der Waals surface area contributed by atoms with E-state index in [4.69, 9.17) is 24.7 Å². The van der Waals surface area contributed by atoms with Crippen molar-refractivity contribution in [3.63, 3.8) is 0 Å². The largest absolute Gasteiger partial charge is 0.493 e. The van der Waals surface area contributed by atoms with Crippen molar-refractivity contribution < 1.29 is 18.9 Å². The Morgan fingerprint density at radius 1 is 0.338 bits per heavy atom. The number of nitrogen functional groups attached to an aromatic ring is 1. The monoisotopic (exact) mass is 888 g/mol. The lowest BCUT2D eigenvalue weighted by Gasteiger charge is -2.28. The first-order chi connectivity index (χ1) is 30.9. The van der Waals surface area contributed by atoms with Gasteiger partial charge in [0, 0.05) is 42.5 Å². The summed E-state index contributed by atoms with van der Waals surface area (Å²) in [5.41, 5.74) is 20.8. The van der Waals surface area contributed by atoms with Crippen LogP contribution in [0.2, 0.25) is 0 Å². The highest BCUT2D eigenvalue weighted by Gasteiger charge is 2.28. The molecular weight excluding hydrogens is 799 g/mol. The smallest absolute Gasteiger partial charge is 0.126 e. The number of fused-ring (bicyclic) bond motifs is 8. The van der Waals surface area contributed by atoms with Crippen molar-refractivity contribution in [3.05, 3.63) is 110 Å². The average molecular weight is 888 g/mol. The Bertz CT molecular complexity index is 2010. The summed E-state index contributed by atoms with van der Waals surface area (Å²) in [6.07, 6.45) is 15.8. The molecule has 0 radical (unpaired) electrons. The standard InChI is InChI=1S/C60H89NO4/c1-14-18-22-26-62-54-42-30-44-36-51(59(8,9)10)38-46(55(44)63-27-23-19-15-2)32-48-40-53(61)41-49(57(48)65-29-25-21-17-4)33-47-39-52(60(11,12)13)37-45(56(47)64-28-24-20-16-3)31-43(54)35-50(34-42)58(5,6)7/h34-41H,14-33,61H2,1-13H3. The summed E-state index contributed by atoms with van der Waals surface area (Å²) in [6, 6.07) is 18.9. The molecule has 0 atom stereocenters. The molecule has 8 bridgehead atoms. The summed E-state index contributed by atoms with van der Waals surface area (Å²) in [5.74, 6) is 3.94. The predicted octanol–water partition coefficient (Wildman–Crippen LogP) is 16.1. The van der Waals surface area contributed by atoms with Gasteiger partial charge >= 0.3 is 0 Å². The molecule has 0 saturated carbocycles. The lowest BCUT2D eigenvalue weighted by molar-refractivity contribution is 0.294. The number of hydrogen-bond donors (Lipinski definition) is 1. The van der Waals surface area contributed by atoms with Crippen molar-refractivity contribution in [1.29, 1.82) is 0 Å². The maximum Gasteiger partial charge on any atom is 0.126 e. The minimum absolute atomic E-state index is 0.0862. The van der Waals surface area contributed by atoms with Crippen LogP contribution in [0.1, 0.15) is 228 Å². The molecule has 0 saturated heterocycles. The fourth-order valence-electron chi connectivity index (χ4n) is 9.06. The number of unbranched alkanes of at least 4 members (excludes halogenated alkanes) is 8. The fourth-order valence-corrected chi connectivity index (χ4v) is 9.06. The number of nitrogens with two attached hydrogens (primary N) is 1. The minimum atomic E-state index is -0.0929. The van der Waals surface area contributed by atoms with Gasteiger partial charge in [0.2, 0.25) is 0 Å². The second-order valence-electron chi connectivity index (χ2n) is 22.2. The highest BCUT2D eigenvalue weighted by atomic mass is 16.5. The van der Waals surface area contributed by atoms with Gasteiger partial charge in [0.15, 0.2) is 0 Å². The molecule has 0 unspecified atom stereocenters. The molecule has 0 heterocycles. The topological polar surface area (TPSA) is 62.9 Å².